The van der Waals surface area contributed by atoms with Crippen molar-refractivity contribution >= 4 is 23.2 Å². The number of benzene rings is 3. The number of nitrogens with one attached hydrogen (secondary N) is 2. The lowest BCUT2D eigenvalue weighted by atomic mass is 10.2. The summed E-state index contributed by atoms with van der Waals surface area (Å²) in [5, 5.41) is 4.31. The maximum Gasteiger partial charge on any atom is 0.416 e. The van der Waals surface area contributed by atoms with E-state index < -0.39 is 29.7 Å². The minimum atomic E-state index is -4.53. The Morgan fingerprint density at radius 1 is 0.710 bits per heavy atom. The van der Waals surface area contributed by atoms with Gasteiger partial charge < -0.3 is 15.4 Å². The van der Waals surface area contributed by atoms with Gasteiger partial charge in [0.15, 0.2) is 0 Å². The molecule has 0 aliphatic rings. The summed E-state index contributed by atoms with van der Waals surface area (Å²) in [5.74, 6) is -1.42. The molecule has 9 heteroatoms. The Balaban J connectivity index is 1.55. The Morgan fingerprint density at radius 3 is 1.65 bits per heavy atom. The fourth-order valence-corrected chi connectivity index (χ4v) is 2.50. The SMILES string of the molecule is O=C(Nc1ccc(Oc2ccccc2)cc1)[C@@H](F)C(=O)Nc1ccc(C(F)(F)F)cc1. The topological polar surface area (TPSA) is 67.4 Å². The molecular formula is C22H16F4N2O3. The molecule has 0 bridgehead atoms. The highest BCUT2D eigenvalue weighted by Gasteiger charge is 2.30. The van der Waals surface area contributed by atoms with Gasteiger partial charge in [-0.1, -0.05) is 18.2 Å². The molecule has 2 amide bonds. The third kappa shape index (κ3) is 6.05. The van der Waals surface area contributed by atoms with E-state index in [1.165, 1.54) is 12.1 Å². The van der Waals surface area contributed by atoms with Crippen molar-refractivity contribution in [2.45, 2.75) is 12.3 Å². The summed E-state index contributed by atoms with van der Waals surface area (Å²) in [6.45, 7) is 0. The number of ether oxygens (including phenoxy) is 1. The van der Waals surface area contributed by atoms with Crippen molar-refractivity contribution in [3.8, 4) is 11.5 Å². The van der Waals surface area contributed by atoms with Crippen LogP contribution in [0.5, 0.6) is 11.5 Å². The van der Waals surface area contributed by atoms with Gasteiger partial charge in [0, 0.05) is 11.4 Å². The molecule has 160 valence electrons. The van der Waals surface area contributed by atoms with Crippen LogP contribution >= 0.6 is 0 Å². The molecule has 0 saturated carbocycles. The van der Waals surface area contributed by atoms with Crippen molar-refractivity contribution < 1.29 is 31.9 Å². The standard InChI is InChI=1S/C22H16F4N2O3/c23-19(20(29)27-15-8-6-14(7-9-15)22(24,25)26)21(30)28-16-10-12-18(13-11-16)31-17-4-2-1-3-5-17/h1-13,19H,(H,27,29)(H,28,30)/t19-/m0/s1. The zero-order valence-electron chi connectivity index (χ0n) is 15.8. The molecule has 0 heterocycles. The quantitative estimate of drug-likeness (QED) is 0.404. The van der Waals surface area contributed by atoms with Crippen LogP contribution in [-0.4, -0.2) is 18.0 Å². The molecule has 2 N–H and O–H groups in total. The summed E-state index contributed by atoms with van der Waals surface area (Å²) in [7, 11) is 0. The third-order valence-electron chi connectivity index (χ3n) is 4.04. The van der Waals surface area contributed by atoms with E-state index in [1.807, 2.05) is 6.07 Å². The van der Waals surface area contributed by atoms with E-state index in [9.17, 15) is 27.2 Å². The molecule has 0 radical (unpaired) electrons. The Kier molecular flexibility index (Phi) is 6.54. The summed E-state index contributed by atoms with van der Waals surface area (Å²) in [5.41, 5.74) is -0.758. The molecular weight excluding hydrogens is 416 g/mol. The summed E-state index contributed by atoms with van der Waals surface area (Å²) in [6, 6.07) is 18.4. The molecule has 3 aromatic rings. The third-order valence-corrected chi connectivity index (χ3v) is 4.04. The number of hydrogen-bond acceptors (Lipinski definition) is 3. The maximum absolute atomic E-state index is 14.2. The second kappa shape index (κ2) is 9.29. The molecule has 31 heavy (non-hydrogen) atoms. The normalized spacial score (nSPS) is 12.0. The van der Waals surface area contributed by atoms with Crippen molar-refractivity contribution in [1.29, 1.82) is 0 Å². The number of carbonyl (C=O) groups is 2. The van der Waals surface area contributed by atoms with Crippen LogP contribution in [0.1, 0.15) is 5.56 Å². The Morgan fingerprint density at radius 2 is 1.16 bits per heavy atom. The van der Waals surface area contributed by atoms with Crippen LogP contribution in [0.3, 0.4) is 0 Å². The first-order valence-electron chi connectivity index (χ1n) is 8.98. The van der Waals surface area contributed by atoms with E-state index in [1.54, 1.807) is 36.4 Å². The second-order valence-corrected chi connectivity index (χ2v) is 6.36. The first-order valence-corrected chi connectivity index (χ1v) is 8.98. The van der Waals surface area contributed by atoms with Crippen molar-refractivity contribution in [3.05, 3.63) is 84.4 Å². The van der Waals surface area contributed by atoms with Gasteiger partial charge in [0.05, 0.1) is 5.56 Å². The Labute approximate surface area is 174 Å². The van der Waals surface area contributed by atoms with Crippen LogP contribution in [-0.2, 0) is 15.8 Å². The largest absolute Gasteiger partial charge is 0.457 e. The number of anilines is 2. The van der Waals surface area contributed by atoms with Gasteiger partial charge in [-0.15, -0.1) is 0 Å². The second-order valence-electron chi connectivity index (χ2n) is 6.36. The van der Waals surface area contributed by atoms with Crippen molar-refractivity contribution in [2.24, 2.45) is 0 Å². The Hall–Kier alpha value is -3.88. The van der Waals surface area contributed by atoms with Crippen LogP contribution in [0.25, 0.3) is 0 Å². The first-order chi connectivity index (χ1) is 14.7. The lowest BCUT2D eigenvalue weighted by Gasteiger charge is -2.12. The van der Waals surface area contributed by atoms with Crippen molar-refractivity contribution in [3.63, 3.8) is 0 Å². The van der Waals surface area contributed by atoms with Gasteiger partial charge in [0.25, 0.3) is 18.0 Å². The number of amides is 2. The molecule has 0 aromatic heterocycles. The molecule has 1 atom stereocenters. The van der Waals surface area contributed by atoms with Crippen LogP contribution < -0.4 is 15.4 Å². The van der Waals surface area contributed by atoms with Gasteiger partial charge in [0.1, 0.15) is 11.5 Å². The molecule has 0 fully saturated rings. The van der Waals surface area contributed by atoms with Crippen LogP contribution in [0.2, 0.25) is 0 Å². The van der Waals surface area contributed by atoms with Gasteiger partial charge in [0.2, 0.25) is 0 Å². The number of hydrogen-bond donors (Lipinski definition) is 2. The summed E-state index contributed by atoms with van der Waals surface area (Å²) < 4.78 is 57.4. The molecule has 3 aromatic carbocycles. The average Bonchev–Trinajstić information content (AvgIpc) is 2.75. The van der Waals surface area contributed by atoms with Gasteiger partial charge in [-0.3, -0.25) is 9.59 Å². The zero-order chi connectivity index (χ0) is 22.4. The van der Waals surface area contributed by atoms with Gasteiger partial charge in [-0.05, 0) is 60.7 Å². The van der Waals surface area contributed by atoms with E-state index in [0.717, 1.165) is 24.3 Å². The minimum Gasteiger partial charge on any atom is -0.457 e. The number of para-hydroxylation sites is 1. The van der Waals surface area contributed by atoms with Crippen LogP contribution in [0.4, 0.5) is 28.9 Å². The van der Waals surface area contributed by atoms with Crippen LogP contribution in [0, 0.1) is 0 Å². The van der Waals surface area contributed by atoms with Gasteiger partial charge in [-0.2, -0.15) is 13.2 Å². The first kappa shape index (κ1) is 21.8. The average molecular weight is 432 g/mol. The number of alkyl halides is 4. The summed E-state index contributed by atoms with van der Waals surface area (Å²) in [6.07, 6.45) is -7.10. The van der Waals surface area contributed by atoms with E-state index in [4.69, 9.17) is 4.74 Å². The predicted octanol–water partition coefficient (Wildman–Crippen LogP) is 5.41. The molecule has 3 rings (SSSR count). The molecule has 0 spiro atoms. The molecule has 0 aliphatic heterocycles. The molecule has 0 aliphatic carbocycles. The fraction of sp³-hybridized carbons (Fsp3) is 0.0909. The molecule has 5 nitrogen and oxygen atoms in total. The van der Waals surface area contributed by atoms with Gasteiger partial charge in [-0.25, -0.2) is 4.39 Å². The summed E-state index contributed by atoms with van der Waals surface area (Å²) >= 11 is 0. The highest BCUT2D eigenvalue weighted by molar-refractivity contribution is 6.13. The van der Waals surface area contributed by atoms with Crippen LogP contribution in [0.15, 0.2) is 78.9 Å². The number of rotatable bonds is 6. The van der Waals surface area contributed by atoms with E-state index in [0.29, 0.717) is 11.5 Å². The predicted molar refractivity (Wildman–Crippen MR) is 107 cm³/mol. The molecule has 0 unspecified atom stereocenters. The highest BCUT2D eigenvalue weighted by atomic mass is 19.4. The van der Waals surface area contributed by atoms with Crippen molar-refractivity contribution in [1.82, 2.24) is 0 Å². The highest BCUT2D eigenvalue weighted by Crippen LogP contribution is 2.30. The van der Waals surface area contributed by atoms with E-state index >= 15 is 0 Å². The number of carbonyl (C=O) groups excluding carboxylic acids is 2. The smallest absolute Gasteiger partial charge is 0.416 e. The lowest BCUT2D eigenvalue weighted by molar-refractivity contribution is -0.137. The minimum absolute atomic E-state index is 0.0733. The summed E-state index contributed by atoms with van der Waals surface area (Å²) in [4.78, 5) is 23.9. The fourth-order valence-electron chi connectivity index (χ4n) is 2.50. The monoisotopic (exact) mass is 432 g/mol. The molecule has 0 saturated heterocycles. The van der Waals surface area contributed by atoms with Gasteiger partial charge >= 0.3 is 6.18 Å². The van der Waals surface area contributed by atoms with Crippen molar-refractivity contribution in [2.75, 3.05) is 10.6 Å². The zero-order valence-corrected chi connectivity index (χ0v) is 15.8. The van der Waals surface area contributed by atoms with E-state index in [2.05, 4.69) is 10.6 Å². The van der Waals surface area contributed by atoms with E-state index in [-0.39, 0.29) is 11.4 Å². The lowest BCUT2D eigenvalue weighted by Crippen LogP contribution is -2.35. The number of halogens is 4. The Bertz CT molecular complexity index is 1040. The maximum atomic E-state index is 14.2.